The summed E-state index contributed by atoms with van der Waals surface area (Å²) in [6.45, 7) is 0. The van der Waals surface area contributed by atoms with Crippen LogP contribution in [0.4, 0.5) is 0 Å². The van der Waals surface area contributed by atoms with Gasteiger partial charge in [-0.1, -0.05) is 18.2 Å². The Bertz CT molecular complexity index is 575. The molecule has 0 atom stereocenters. The number of benzene rings is 1. The highest BCUT2D eigenvalue weighted by Gasteiger charge is 2.09. The average Bonchev–Trinajstić information content (AvgIpc) is 2.40. The molecule has 1 aromatic heterocycles. The van der Waals surface area contributed by atoms with Crippen molar-refractivity contribution in [3.63, 3.8) is 0 Å². The number of carbonyl (C=O) groups is 1. The van der Waals surface area contributed by atoms with Crippen LogP contribution >= 0.6 is 11.8 Å². The van der Waals surface area contributed by atoms with Crippen LogP contribution in [0.15, 0.2) is 53.7 Å². The lowest BCUT2D eigenvalue weighted by atomic mass is 10.1. The number of nitriles is 1. The fourth-order valence-electron chi connectivity index (χ4n) is 1.28. The molecule has 82 valence electrons. The number of pyridine rings is 1. The van der Waals surface area contributed by atoms with Gasteiger partial charge in [-0.25, -0.2) is 4.98 Å². The number of thioether (sulfide) groups is 1. The summed E-state index contributed by atoms with van der Waals surface area (Å²) in [5.74, 6) is 0. The molecule has 0 spiro atoms. The molecule has 0 unspecified atom stereocenters. The van der Waals surface area contributed by atoms with Crippen LogP contribution < -0.4 is 0 Å². The minimum atomic E-state index is -0.110. The molecule has 1 heterocycles. The number of rotatable bonds is 2. The maximum Gasteiger partial charge on any atom is 0.225 e. The molecule has 0 amide bonds. The molecule has 1 aromatic carbocycles. The molecular weight excluding hydrogens is 232 g/mol. The fourth-order valence-corrected chi connectivity index (χ4v) is 1.97. The molecule has 0 aliphatic rings. The van der Waals surface area contributed by atoms with Gasteiger partial charge in [0.05, 0.1) is 11.6 Å². The number of aromatic nitrogens is 1. The Morgan fingerprint density at radius 2 is 2.12 bits per heavy atom. The molecule has 0 aliphatic carbocycles. The van der Waals surface area contributed by atoms with Gasteiger partial charge in [0.1, 0.15) is 5.03 Å². The van der Waals surface area contributed by atoms with Crippen molar-refractivity contribution in [2.45, 2.75) is 5.03 Å². The molecule has 0 saturated heterocycles. The summed E-state index contributed by atoms with van der Waals surface area (Å²) < 4.78 is 0. The lowest BCUT2D eigenvalue weighted by Gasteiger charge is -2.00. The second kappa shape index (κ2) is 5.28. The van der Waals surface area contributed by atoms with Gasteiger partial charge in [0.15, 0.2) is 0 Å². The van der Waals surface area contributed by atoms with Crippen LogP contribution in [0.5, 0.6) is 0 Å². The van der Waals surface area contributed by atoms with Crippen LogP contribution in [-0.4, -0.2) is 10.1 Å². The van der Waals surface area contributed by atoms with Gasteiger partial charge < -0.3 is 0 Å². The largest absolute Gasteiger partial charge is 0.281 e. The highest BCUT2D eigenvalue weighted by molar-refractivity contribution is 8.14. The quantitative estimate of drug-likeness (QED) is 0.757. The Kier molecular flexibility index (Phi) is 3.53. The van der Waals surface area contributed by atoms with Gasteiger partial charge in [-0.3, -0.25) is 4.79 Å². The standard InChI is InChI=1S/C13H8N2OS/c14-9-10-4-3-5-11(8-10)13(16)17-12-6-1-2-7-15-12/h1-8H. The summed E-state index contributed by atoms with van der Waals surface area (Å²) in [7, 11) is 0. The van der Waals surface area contributed by atoms with E-state index in [2.05, 4.69) is 4.98 Å². The van der Waals surface area contributed by atoms with Crippen molar-refractivity contribution in [3.05, 3.63) is 59.8 Å². The molecular formula is C13H8N2OS. The van der Waals surface area contributed by atoms with Crippen LogP contribution in [0.1, 0.15) is 15.9 Å². The summed E-state index contributed by atoms with van der Waals surface area (Å²) in [5, 5.41) is 9.30. The first-order valence-corrected chi connectivity index (χ1v) is 5.74. The zero-order chi connectivity index (χ0) is 12.1. The number of hydrogen-bond acceptors (Lipinski definition) is 4. The lowest BCUT2D eigenvalue weighted by Crippen LogP contribution is -1.94. The molecule has 3 nitrogen and oxygen atoms in total. The Balaban J connectivity index is 2.18. The second-order valence-corrected chi connectivity index (χ2v) is 4.24. The third kappa shape index (κ3) is 2.92. The van der Waals surface area contributed by atoms with Crippen LogP contribution in [0.2, 0.25) is 0 Å². The van der Waals surface area contributed by atoms with Crippen molar-refractivity contribution in [1.82, 2.24) is 4.98 Å². The average molecular weight is 240 g/mol. The monoisotopic (exact) mass is 240 g/mol. The van der Waals surface area contributed by atoms with Gasteiger partial charge >= 0.3 is 0 Å². The first kappa shape index (κ1) is 11.4. The highest BCUT2D eigenvalue weighted by Crippen LogP contribution is 2.20. The summed E-state index contributed by atoms with van der Waals surface area (Å²) >= 11 is 1.06. The zero-order valence-electron chi connectivity index (χ0n) is 8.83. The Morgan fingerprint density at radius 3 is 2.82 bits per heavy atom. The van der Waals surface area contributed by atoms with E-state index < -0.39 is 0 Å². The maximum atomic E-state index is 11.9. The molecule has 0 N–H and O–H groups in total. The van der Waals surface area contributed by atoms with E-state index in [9.17, 15) is 4.79 Å². The molecule has 0 bridgehead atoms. The maximum absolute atomic E-state index is 11.9. The van der Waals surface area contributed by atoms with Gasteiger partial charge in [-0.15, -0.1) is 0 Å². The first-order valence-electron chi connectivity index (χ1n) is 4.93. The molecule has 0 saturated carbocycles. The van der Waals surface area contributed by atoms with E-state index in [4.69, 9.17) is 5.26 Å². The van der Waals surface area contributed by atoms with E-state index in [-0.39, 0.29) is 5.12 Å². The van der Waals surface area contributed by atoms with Gasteiger partial charge in [-0.2, -0.15) is 5.26 Å². The topological polar surface area (TPSA) is 53.8 Å². The van der Waals surface area contributed by atoms with E-state index in [1.807, 2.05) is 12.1 Å². The summed E-state index contributed by atoms with van der Waals surface area (Å²) in [6, 6.07) is 14.1. The van der Waals surface area contributed by atoms with Crippen LogP contribution in [0, 0.1) is 11.3 Å². The lowest BCUT2D eigenvalue weighted by molar-refractivity contribution is 0.108. The normalized spacial score (nSPS) is 9.59. The Labute approximate surface area is 103 Å². The van der Waals surface area contributed by atoms with Crippen molar-refractivity contribution in [3.8, 4) is 6.07 Å². The summed E-state index contributed by atoms with van der Waals surface area (Å²) in [5.41, 5.74) is 0.997. The van der Waals surface area contributed by atoms with E-state index in [0.29, 0.717) is 16.2 Å². The Hall–Kier alpha value is -2.12. The Morgan fingerprint density at radius 1 is 1.24 bits per heavy atom. The summed E-state index contributed by atoms with van der Waals surface area (Å²) in [4.78, 5) is 16.0. The SMILES string of the molecule is N#Cc1cccc(C(=O)Sc2ccccn2)c1. The van der Waals surface area contributed by atoms with Crippen molar-refractivity contribution >= 4 is 16.9 Å². The van der Waals surface area contributed by atoms with Gasteiger partial charge in [-0.05, 0) is 36.0 Å². The first-order chi connectivity index (χ1) is 8.29. The molecule has 17 heavy (non-hydrogen) atoms. The van der Waals surface area contributed by atoms with Crippen LogP contribution in [-0.2, 0) is 0 Å². The van der Waals surface area contributed by atoms with Gasteiger partial charge in [0, 0.05) is 11.8 Å². The predicted octanol–water partition coefficient (Wildman–Crippen LogP) is 2.89. The second-order valence-electron chi connectivity index (χ2n) is 3.25. The number of nitrogens with zero attached hydrogens (tertiary/aromatic N) is 2. The van der Waals surface area contributed by atoms with E-state index >= 15 is 0 Å². The smallest absolute Gasteiger partial charge is 0.225 e. The molecule has 4 heteroatoms. The van der Waals surface area contributed by atoms with Crippen molar-refractivity contribution in [2.75, 3.05) is 0 Å². The van der Waals surface area contributed by atoms with E-state index in [1.54, 1.807) is 42.6 Å². The fraction of sp³-hybridized carbons (Fsp3) is 0. The van der Waals surface area contributed by atoms with Crippen molar-refractivity contribution in [1.29, 1.82) is 5.26 Å². The molecule has 0 fully saturated rings. The minimum absolute atomic E-state index is 0.110. The number of hydrogen-bond donors (Lipinski definition) is 0. The molecule has 0 aliphatic heterocycles. The van der Waals surface area contributed by atoms with E-state index in [1.165, 1.54) is 0 Å². The van der Waals surface area contributed by atoms with Crippen LogP contribution in [0.3, 0.4) is 0 Å². The minimum Gasteiger partial charge on any atom is -0.281 e. The van der Waals surface area contributed by atoms with Crippen LogP contribution in [0.25, 0.3) is 0 Å². The molecule has 0 radical (unpaired) electrons. The van der Waals surface area contributed by atoms with E-state index in [0.717, 1.165) is 11.8 Å². The van der Waals surface area contributed by atoms with Gasteiger partial charge in [0.25, 0.3) is 0 Å². The van der Waals surface area contributed by atoms with Crippen molar-refractivity contribution < 1.29 is 4.79 Å². The third-order valence-electron chi connectivity index (χ3n) is 2.06. The van der Waals surface area contributed by atoms with Crippen molar-refractivity contribution in [2.24, 2.45) is 0 Å². The highest BCUT2D eigenvalue weighted by atomic mass is 32.2. The summed E-state index contributed by atoms with van der Waals surface area (Å²) in [6.07, 6.45) is 1.64. The van der Waals surface area contributed by atoms with Gasteiger partial charge in [0.2, 0.25) is 5.12 Å². The molecule has 2 rings (SSSR count). The molecule has 2 aromatic rings. The zero-order valence-corrected chi connectivity index (χ0v) is 9.65. The number of carbonyl (C=O) groups excluding carboxylic acids is 1. The third-order valence-corrected chi connectivity index (χ3v) is 2.93. The predicted molar refractivity (Wildman–Crippen MR) is 65.6 cm³/mol.